The van der Waals surface area contributed by atoms with E-state index in [9.17, 15) is 9.90 Å². The number of nitrogens with zero attached hydrogens (tertiary/aromatic N) is 1. The van der Waals surface area contributed by atoms with E-state index in [1.165, 1.54) is 11.3 Å². The molecule has 1 aromatic rings. The van der Waals surface area contributed by atoms with Crippen molar-refractivity contribution in [3.8, 4) is 0 Å². The number of carbonyl (C=O) groups is 1. The molecule has 0 aliphatic rings. The summed E-state index contributed by atoms with van der Waals surface area (Å²) in [4.78, 5) is 14.2. The largest absolute Gasteiger partial charge is 1.00 e. The number of carboxylic acids is 1. The van der Waals surface area contributed by atoms with Gasteiger partial charge in [0.05, 0.1) is 5.69 Å². The van der Waals surface area contributed by atoms with Gasteiger partial charge in [-0.05, 0) is 6.92 Å². The Hall–Kier alpha value is -0.1000. The number of aliphatic carboxylic acids is 1. The summed E-state index contributed by atoms with van der Waals surface area (Å²) in [6, 6.07) is 0. The van der Waals surface area contributed by atoms with Crippen molar-refractivity contribution in [2.75, 3.05) is 11.9 Å². The second-order valence-electron chi connectivity index (χ2n) is 2.22. The molecule has 0 atom stereocenters. The Balaban J connectivity index is 0.00000144. The summed E-state index contributed by atoms with van der Waals surface area (Å²) >= 11 is 1.40. The van der Waals surface area contributed by atoms with Crippen LogP contribution in [0.1, 0.15) is 12.6 Å². The third kappa shape index (κ3) is 4.61. The monoisotopic (exact) mass is 208 g/mol. The molecule has 66 valence electrons. The van der Waals surface area contributed by atoms with Gasteiger partial charge < -0.3 is 15.2 Å². The van der Waals surface area contributed by atoms with Crippen LogP contribution in [0.5, 0.6) is 0 Å². The molecule has 1 heterocycles. The number of carboxylic acid groups (broad SMARTS) is 1. The summed E-state index contributed by atoms with van der Waals surface area (Å²) in [6.45, 7) is 2.75. The van der Waals surface area contributed by atoms with Crippen molar-refractivity contribution in [2.45, 2.75) is 13.3 Å². The molecule has 0 spiro atoms. The first-order valence-electron chi connectivity index (χ1n) is 3.60. The van der Waals surface area contributed by atoms with Gasteiger partial charge in [-0.1, -0.05) is 0 Å². The van der Waals surface area contributed by atoms with E-state index in [1.54, 1.807) is 5.38 Å². The number of anilines is 1. The first-order chi connectivity index (χ1) is 5.72. The number of nitrogens with one attached hydrogen (secondary N) is 1. The fourth-order valence-electron chi connectivity index (χ4n) is 0.768. The summed E-state index contributed by atoms with van der Waals surface area (Å²) < 4.78 is 0. The Morgan fingerprint density at radius 3 is 3.00 bits per heavy atom. The zero-order chi connectivity index (χ0) is 8.97. The second-order valence-corrected chi connectivity index (χ2v) is 3.08. The topological polar surface area (TPSA) is 65.0 Å². The maximum absolute atomic E-state index is 10.2. The van der Waals surface area contributed by atoms with Gasteiger partial charge in [-0.2, -0.15) is 0 Å². The zero-order valence-electron chi connectivity index (χ0n) is 7.66. The van der Waals surface area contributed by atoms with Gasteiger partial charge in [0.2, 0.25) is 0 Å². The molecule has 4 nitrogen and oxygen atoms in total. The van der Waals surface area contributed by atoms with E-state index < -0.39 is 5.97 Å². The number of aromatic nitrogens is 1. The van der Waals surface area contributed by atoms with Crippen LogP contribution in [0.3, 0.4) is 0 Å². The van der Waals surface area contributed by atoms with Crippen LogP contribution in [0.4, 0.5) is 5.13 Å². The number of carbonyl (C=O) groups excluding carboxylic acids is 1. The molecule has 0 amide bonds. The molecule has 0 aromatic carbocycles. The quantitative estimate of drug-likeness (QED) is 0.531. The van der Waals surface area contributed by atoms with Crippen molar-refractivity contribution in [3.63, 3.8) is 0 Å². The van der Waals surface area contributed by atoms with Crippen molar-refractivity contribution in [2.24, 2.45) is 0 Å². The van der Waals surface area contributed by atoms with Crippen LogP contribution in [0.2, 0.25) is 0 Å². The summed E-state index contributed by atoms with van der Waals surface area (Å²) in [5.74, 6) is -1.09. The van der Waals surface area contributed by atoms with Gasteiger partial charge in [-0.3, -0.25) is 0 Å². The molecule has 0 saturated heterocycles. The summed E-state index contributed by atoms with van der Waals surface area (Å²) in [5, 5.41) is 15.6. The number of hydrogen-bond donors (Lipinski definition) is 1. The predicted molar refractivity (Wildman–Crippen MR) is 45.0 cm³/mol. The van der Waals surface area contributed by atoms with Crippen LogP contribution in [-0.2, 0) is 11.2 Å². The molecule has 6 heteroatoms. The van der Waals surface area contributed by atoms with Crippen LogP contribution in [0.15, 0.2) is 5.38 Å². The van der Waals surface area contributed by atoms with Crippen LogP contribution < -0.4 is 40.0 Å². The standard InChI is InChI=1S/C7H10N2O2S.Na/c1-2-8-7-9-5(4-12-7)3-6(10)11;/h4H,2-3H2,1H3,(H,8,9)(H,10,11);/q;+1/p-1. The van der Waals surface area contributed by atoms with E-state index in [4.69, 9.17) is 0 Å². The number of hydrogen-bond acceptors (Lipinski definition) is 5. The van der Waals surface area contributed by atoms with Crippen molar-refractivity contribution < 1.29 is 39.5 Å². The second kappa shape index (κ2) is 6.37. The molecular formula is C7H9N2NaO2S. The van der Waals surface area contributed by atoms with E-state index in [2.05, 4.69) is 10.3 Å². The predicted octanol–water partition coefficient (Wildman–Crippen LogP) is -3.13. The normalized spacial score (nSPS) is 9.00. The molecule has 0 radical (unpaired) electrons. The van der Waals surface area contributed by atoms with Gasteiger partial charge in [0, 0.05) is 24.3 Å². The minimum Gasteiger partial charge on any atom is -0.550 e. The summed E-state index contributed by atoms with van der Waals surface area (Å²) in [6.07, 6.45) is -0.109. The Labute approximate surface area is 103 Å². The van der Waals surface area contributed by atoms with E-state index >= 15 is 0 Å². The molecule has 13 heavy (non-hydrogen) atoms. The molecule has 1 aromatic heterocycles. The average molecular weight is 208 g/mol. The van der Waals surface area contributed by atoms with E-state index in [1.807, 2.05) is 6.92 Å². The molecule has 0 unspecified atom stereocenters. The SMILES string of the molecule is CCNc1nc(CC(=O)[O-])cs1.[Na+]. The van der Waals surface area contributed by atoms with Crippen molar-refractivity contribution in [3.05, 3.63) is 11.1 Å². The molecule has 1 rings (SSSR count). The van der Waals surface area contributed by atoms with E-state index in [0.29, 0.717) is 5.69 Å². The fraction of sp³-hybridized carbons (Fsp3) is 0.429. The van der Waals surface area contributed by atoms with Gasteiger partial charge in [0.15, 0.2) is 5.13 Å². The first kappa shape index (κ1) is 12.9. The van der Waals surface area contributed by atoms with Gasteiger partial charge in [0.1, 0.15) is 0 Å². The Morgan fingerprint density at radius 2 is 2.46 bits per heavy atom. The van der Waals surface area contributed by atoms with Gasteiger partial charge in [-0.15, -0.1) is 11.3 Å². The van der Waals surface area contributed by atoms with Crippen molar-refractivity contribution >= 4 is 22.4 Å². The molecule has 0 aliphatic carbocycles. The Bertz CT molecular complexity index is 277. The van der Waals surface area contributed by atoms with E-state index in [-0.39, 0.29) is 36.0 Å². The maximum atomic E-state index is 10.2. The van der Waals surface area contributed by atoms with Gasteiger partial charge in [0.25, 0.3) is 0 Å². The van der Waals surface area contributed by atoms with Gasteiger partial charge >= 0.3 is 29.6 Å². The maximum Gasteiger partial charge on any atom is 1.00 e. The zero-order valence-corrected chi connectivity index (χ0v) is 10.5. The minimum absolute atomic E-state index is 0. The molecule has 0 fully saturated rings. The third-order valence-electron chi connectivity index (χ3n) is 1.21. The third-order valence-corrected chi connectivity index (χ3v) is 2.05. The number of thiazole rings is 1. The molecular weight excluding hydrogens is 199 g/mol. The smallest absolute Gasteiger partial charge is 0.550 e. The van der Waals surface area contributed by atoms with Crippen LogP contribution >= 0.6 is 11.3 Å². The van der Waals surface area contributed by atoms with Crippen LogP contribution in [0.25, 0.3) is 0 Å². The Kier molecular flexibility index (Phi) is 6.32. The first-order valence-corrected chi connectivity index (χ1v) is 4.48. The minimum atomic E-state index is -1.09. The van der Waals surface area contributed by atoms with Crippen molar-refractivity contribution in [1.82, 2.24) is 4.98 Å². The molecule has 0 aliphatic heterocycles. The summed E-state index contributed by atoms with van der Waals surface area (Å²) in [5.41, 5.74) is 0.552. The molecule has 1 N–H and O–H groups in total. The van der Waals surface area contributed by atoms with E-state index in [0.717, 1.165) is 11.7 Å². The Morgan fingerprint density at radius 1 is 1.77 bits per heavy atom. The summed E-state index contributed by atoms with van der Waals surface area (Å²) in [7, 11) is 0. The number of rotatable bonds is 4. The van der Waals surface area contributed by atoms with Crippen molar-refractivity contribution in [1.29, 1.82) is 0 Å². The molecule has 0 saturated carbocycles. The van der Waals surface area contributed by atoms with Crippen LogP contribution in [-0.4, -0.2) is 17.5 Å². The van der Waals surface area contributed by atoms with Gasteiger partial charge in [-0.25, -0.2) is 4.98 Å². The van der Waals surface area contributed by atoms with Crippen LogP contribution in [0, 0.1) is 0 Å². The molecule has 0 bridgehead atoms. The fourth-order valence-corrected chi connectivity index (χ4v) is 1.55. The average Bonchev–Trinajstić information content (AvgIpc) is 2.36.